The van der Waals surface area contributed by atoms with Gasteiger partial charge in [0.1, 0.15) is 17.4 Å². The normalized spacial score (nSPS) is 11.8. The highest BCUT2D eigenvalue weighted by Gasteiger charge is 2.38. The van der Waals surface area contributed by atoms with Crippen LogP contribution in [0.1, 0.15) is 25.0 Å². The number of carbonyl (C=O) groups is 1. The van der Waals surface area contributed by atoms with Crippen LogP contribution in [0.25, 0.3) is 0 Å². The van der Waals surface area contributed by atoms with Crippen molar-refractivity contribution in [1.82, 2.24) is 15.3 Å². The summed E-state index contributed by atoms with van der Waals surface area (Å²) >= 11 is 0. The Morgan fingerprint density at radius 2 is 1.79 bits per heavy atom. The van der Waals surface area contributed by atoms with Crippen LogP contribution in [-0.4, -0.2) is 49.4 Å². The molecular formula is C25H27F4N5O4S. The number of nitrogens with one attached hydrogen (secondary N) is 3. The SMILES string of the molecule is COc1ccc(CCNC(=O)C(F)(F)F)cc1Nc1ncc(C)c(Nc2ccc(F)cc2S(=O)(=O)C(C)C)n1. The molecule has 3 N–H and O–H groups in total. The molecule has 1 heterocycles. The quantitative estimate of drug-likeness (QED) is 0.297. The highest BCUT2D eigenvalue weighted by atomic mass is 32.2. The lowest BCUT2D eigenvalue weighted by atomic mass is 10.1. The van der Waals surface area contributed by atoms with Crippen molar-refractivity contribution in [2.75, 3.05) is 24.3 Å². The number of rotatable bonds is 10. The molecule has 3 rings (SSSR count). The molecule has 0 atom stereocenters. The van der Waals surface area contributed by atoms with Gasteiger partial charge < -0.3 is 20.7 Å². The van der Waals surface area contributed by atoms with E-state index in [-0.39, 0.29) is 35.3 Å². The summed E-state index contributed by atoms with van der Waals surface area (Å²) < 4.78 is 82.1. The summed E-state index contributed by atoms with van der Waals surface area (Å²) in [6.07, 6.45) is -3.37. The number of sulfone groups is 1. The number of nitrogens with zero attached hydrogens (tertiary/aromatic N) is 2. The Hall–Kier alpha value is -3.94. The van der Waals surface area contributed by atoms with E-state index in [1.165, 1.54) is 33.2 Å². The molecule has 3 aromatic rings. The van der Waals surface area contributed by atoms with E-state index in [1.807, 2.05) is 5.32 Å². The molecule has 1 aromatic heterocycles. The van der Waals surface area contributed by atoms with Crippen molar-refractivity contribution in [3.8, 4) is 5.75 Å². The van der Waals surface area contributed by atoms with Crippen molar-refractivity contribution in [1.29, 1.82) is 0 Å². The van der Waals surface area contributed by atoms with Crippen LogP contribution >= 0.6 is 0 Å². The van der Waals surface area contributed by atoms with E-state index < -0.39 is 33.0 Å². The zero-order valence-corrected chi connectivity index (χ0v) is 22.3. The Balaban J connectivity index is 1.86. The summed E-state index contributed by atoms with van der Waals surface area (Å²) in [5, 5.41) is 6.95. The fourth-order valence-corrected chi connectivity index (χ4v) is 4.60. The third-order valence-electron chi connectivity index (χ3n) is 5.56. The fraction of sp³-hybridized carbons (Fsp3) is 0.320. The van der Waals surface area contributed by atoms with E-state index in [4.69, 9.17) is 4.74 Å². The predicted molar refractivity (Wildman–Crippen MR) is 138 cm³/mol. The van der Waals surface area contributed by atoms with Gasteiger partial charge in [0.2, 0.25) is 5.95 Å². The van der Waals surface area contributed by atoms with Crippen molar-refractivity contribution in [3.05, 3.63) is 59.5 Å². The molecule has 0 bridgehead atoms. The molecule has 0 radical (unpaired) electrons. The molecule has 0 spiro atoms. The minimum atomic E-state index is -4.96. The zero-order chi connectivity index (χ0) is 29.0. The van der Waals surface area contributed by atoms with Gasteiger partial charge in [-0.05, 0) is 63.1 Å². The molecule has 0 unspecified atom stereocenters. The Morgan fingerprint density at radius 1 is 1.08 bits per heavy atom. The van der Waals surface area contributed by atoms with Gasteiger partial charge in [-0.15, -0.1) is 0 Å². The van der Waals surface area contributed by atoms with E-state index in [0.717, 1.165) is 12.1 Å². The second kappa shape index (κ2) is 11.8. The van der Waals surface area contributed by atoms with Gasteiger partial charge in [-0.3, -0.25) is 4.79 Å². The first kappa shape index (κ1) is 29.6. The highest BCUT2D eigenvalue weighted by molar-refractivity contribution is 7.92. The highest BCUT2D eigenvalue weighted by Crippen LogP contribution is 2.31. The van der Waals surface area contributed by atoms with Gasteiger partial charge in [0.15, 0.2) is 9.84 Å². The van der Waals surface area contributed by atoms with E-state index >= 15 is 0 Å². The minimum absolute atomic E-state index is 0.0966. The monoisotopic (exact) mass is 569 g/mol. The molecular weight excluding hydrogens is 542 g/mol. The number of ether oxygens (including phenoxy) is 1. The first-order chi connectivity index (χ1) is 18.2. The first-order valence-electron chi connectivity index (χ1n) is 11.7. The Kier molecular flexibility index (Phi) is 8.99. The molecule has 14 heteroatoms. The second-order valence-corrected chi connectivity index (χ2v) is 11.2. The van der Waals surface area contributed by atoms with E-state index in [0.29, 0.717) is 22.6 Å². The summed E-state index contributed by atoms with van der Waals surface area (Å²) in [5.74, 6) is -1.98. The lowest BCUT2D eigenvalue weighted by Gasteiger charge is -2.17. The molecule has 0 aliphatic rings. The number of amides is 1. The number of aromatic nitrogens is 2. The molecule has 1 amide bonds. The summed E-state index contributed by atoms with van der Waals surface area (Å²) in [6.45, 7) is 4.45. The maximum absolute atomic E-state index is 13.9. The number of methoxy groups -OCH3 is 1. The molecule has 0 fully saturated rings. The zero-order valence-electron chi connectivity index (χ0n) is 21.5. The second-order valence-electron chi connectivity index (χ2n) is 8.75. The molecule has 0 aliphatic heterocycles. The van der Waals surface area contributed by atoms with Crippen LogP contribution in [-0.2, 0) is 21.1 Å². The third-order valence-corrected chi connectivity index (χ3v) is 7.75. The van der Waals surface area contributed by atoms with Crippen molar-refractivity contribution in [2.24, 2.45) is 0 Å². The number of anilines is 4. The molecule has 0 saturated heterocycles. The molecule has 9 nitrogen and oxygen atoms in total. The minimum Gasteiger partial charge on any atom is -0.495 e. The third kappa shape index (κ3) is 7.34. The van der Waals surface area contributed by atoms with Gasteiger partial charge in [-0.1, -0.05) is 6.07 Å². The Morgan fingerprint density at radius 3 is 2.44 bits per heavy atom. The number of halogens is 4. The number of benzene rings is 2. The topological polar surface area (TPSA) is 122 Å². The lowest BCUT2D eigenvalue weighted by Crippen LogP contribution is -2.37. The first-order valence-corrected chi connectivity index (χ1v) is 13.2. The number of carbonyl (C=O) groups excluding carboxylic acids is 1. The van der Waals surface area contributed by atoms with Crippen molar-refractivity contribution >= 4 is 38.9 Å². The largest absolute Gasteiger partial charge is 0.495 e. The maximum Gasteiger partial charge on any atom is 0.471 e. The number of hydrogen-bond donors (Lipinski definition) is 3. The lowest BCUT2D eigenvalue weighted by molar-refractivity contribution is -0.173. The van der Waals surface area contributed by atoms with Crippen LogP contribution in [0.5, 0.6) is 5.75 Å². The van der Waals surface area contributed by atoms with Crippen LogP contribution in [0, 0.1) is 12.7 Å². The Bertz CT molecular complexity index is 1460. The van der Waals surface area contributed by atoms with E-state index in [2.05, 4.69) is 20.6 Å². The van der Waals surface area contributed by atoms with Crippen molar-refractivity contribution in [2.45, 2.75) is 43.5 Å². The van der Waals surface area contributed by atoms with Crippen LogP contribution < -0.4 is 20.7 Å². The van der Waals surface area contributed by atoms with Gasteiger partial charge in [0.25, 0.3) is 0 Å². The molecule has 39 heavy (non-hydrogen) atoms. The van der Waals surface area contributed by atoms with Crippen LogP contribution in [0.2, 0.25) is 0 Å². The molecule has 0 saturated carbocycles. The maximum atomic E-state index is 13.9. The summed E-state index contributed by atoms with van der Waals surface area (Å²) in [4.78, 5) is 19.5. The van der Waals surface area contributed by atoms with Gasteiger partial charge in [0.05, 0.1) is 28.6 Å². The predicted octanol–water partition coefficient (Wildman–Crippen LogP) is 4.82. The fourth-order valence-electron chi connectivity index (χ4n) is 3.39. The standard InChI is InChI=1S/C25H27F4N5O4S/c1-14(2)39(36,37)21-12-17(26)6-7-18(21)32-22-15(3)13-31-24(34-22)33-19-11-16(5-8-20(19)38-4)9-10-30-23(35)25(27,28)29/h5-8,11-14H,9-10H2,1-4H3,(H,30,35)(H2,31,32,33,34). The van der Waals surface area contributed by atoms with E-state index in [9.17, 15) is 30.8 Å². The summed E-state index contributed by atoms with van der Waals surface area (Å²) in [7, 11) is -2.39. The smallest absolute Gasteiger partial charge is 0.471 e. The van der Waals surface area contributed by atoms with Gasteiger partial charge in [-0.2, -0.15) is 18.2 Å². The van der Waals surface area contributed by atoms with Crippen LogP contribution in [0.4, 0.5) is 40.7 Å². The van der Waals surface area contributed by atoms with E-state index in [1.54, 1.807) is 25.1 Å². The molecule has 210 valence electrons. The molecule has 2 aromatic carbocycles. The van der Waals surface area contributed by atoms with Gasteiger partial charge in [0, 0.05) is 18.3 Å². The Labute approximate surface area is 222 Å². The van der Waals surface area contributed by atoms with Gasteiger partial charge in [-0.25, -0.2) is 17.8 Å². The average Bonchev–Trinajstić information content (AvgIpc) is 2.86. The summed E-state index contributed by atoms with van der Waals surface area (Å²) in [6, 6.07) is 8.23. The average molecular weight is 570 g/mol. The molecule has 0 aliphatic carbocycles. The summed E-state index contributed by atoms with van der Waals surface area (Å²) in [5.41, 5.74) is 1.70. The van der Waals surface area contributed by atoms with Crippen LogP contribution in [0.15, 0.2) is 47.5 Å². The van der Waals surface area contributed by atoms with Crippen LogP contribution in [0.3, 0.4) is 0 Å². The number of aryl methyl sites for hydroxylation is 1. The van der Waals surface area contributed by atoms with Crippen molar-refractivity contribution in [3.63, 3.8) is 0 Å². The number of hydrogen-bond acceptors (Lipinski definition) is 8. The van der Waals surface area contributed by atoms with Gasteiger partial charge >= 0.3 is 12.1 Å². The van der Waals surface area contributed by atoms with Crippen molar-refractivity contribution < 1.29 is 35.5 Å². The number of alkyl halides is 3.